The highest BCUT2D eigenvalue weighted by Gasteiger charge is 2.12. The van der Waals surface area contributed by atoms with Crippen molar-refractivity contribution in [1.29, 1.82) is 0 Å². The topological polar surface area (TPSA) is 25.8 Å². The molecule has 0 bridgehead atoms. The Bertz CT molecular complexity index is 358. The molecule has 1 rings (SSSR count). The van der Waals surface area contributed by atoms with Crippen LogP contribution in [0.4, 0.5) is 0 Å². The fraction of sp³-hybridized carbons (Fsp3) is 0.840. The van der Waals surface area contributed by atoms with E-state index in [1.54, 1.807) is 0 Å². The van der Waals surface area contributed by atoms with Gasteiger partial charge < -0.3 is 0 Å². The van der Waals surface area contributed by atoms with Crippen LogP contribution in [0.3, 0.4) is 0 Å². The van der Waals surface area contributed by atoms with Crippen LogP contribution in [0, 0.1) is 6.92 Å². The van der Waals surface area contributed by atoms with E-state index in [0.717, 1.165) is 5.69 Å². The molecule has 0 aromatic carbocycles. The molecule has 160 valence electrons. The van der Waals surface area contributed by atoms with Gasteiger partial charge in [-0.25, -0.2) is 0 Å². The fourth-order valence-corrected chi connectivity index (χ4v) is 2.98. The Morgan fingerprint density at radius 3 is 1.44 bits per heavy atom. The second-order valence-electron chi connectivity index (χ2n) is 7.33. The maximum Gasteiger partial charge on any atom is 0.0617 e. The third kappa shape index (κ3) is 18.2. The lowest BCUT2D eigenvalue weighted by molar-refractivity contribution is 0.513. The van der Waals surface area contributed by atoms with Gasteiger partial charge in [0.2, 0.25) is 0 Å². The summed E-state index contributed by atoms with van der Waals surface area (Å²) in [6.45, 7) is 15.0. The first-order chi connectivity index (χ1) is 13.2. The van der Waals surface area contributed by atoms with Gasteiger partial charge in [0, 0.05) is 18.3 Å². The van der Waals surface area contributed by atoms with Gasteiger partial charge >= 0.3 is 0 Å². The van der Waals surface area contributed by atoms with Crippen molar-refractivity contribution < 1.29 is 0 Å². The quantitative estimate of drug-likeness (QED) is 0.320. The second kappa shape index (κ2) is 23.1. The van der Waals surface area contributed by atoms with Crippen molar-refractivity contribution >= 4 is 0 Å². The minimum Gasteiger partial charge on any atom is -0.258 e. The van der Waals surface area contributed by atoms with Crippen LogP contribution >= 0.6 is 0 Å². The Hall–Kier alpha value is -0.920. The third-order valence-corrected chi connectivity index (χ3v) is 4.74. The van der Waals surface area contributed by atoms with Gasteiger partial charge in [-0.3, -0.25) is 9.97 Å². The summed E-state index contributed by atoms with van der Waals surface area (Å²) in [5.41, 5.74) is 2.20. The third-order valence-electron chi connectivity index (χ3n) is 4.74. The SMILES string of the molecule is CC.CCCCC(CCCC)c1cnc(C)cn1.CCCCCCCCC. The molecule has 2 heteroatoms. The average Bonchev–Trinajstić information content (AvgIpc) is 2.71. The van der Waals surface area contributed by atoms with Crippen LogP contribution in [0.1, 0.15) is 142 Å². The maximum atomic E-state index is 4.52. The highest BCUT2D eigenvalue weighted by atomic mass is 14.8. The van der Waals surface area contributed by atoms with Gasteiger partial charge in [0.25, 0.3) is 0 Å². The van der Waals surface area contributed by atoms with E-state index in [4.69, 9.17) is 0 Å². The lowest BCUT2D eigenvalue weighted by atomic mass is 9.93. The number of hydrogen-bond donors (Lipinski definition) is 0. The van der Waals surface area contributed by atoms with Gasteiger partial charge in [-0.1, -0.05) is 112 Å². The van der Waals surface area contributed by atoms with Crippen molar-refractivity contribution in [2.45, 2.75) is 138 Å². The summed E-state index contributed by atoms with van der Waals surface area (Å²) < 4.78 is 0. The molecule has 2 nitrogen and oxygen atoms in total. The number of unbranched alkanes of at least 4 members (excludes halogenated alkanes) is 8. The van der Waals surface area contributed by atoms with Gasteiger partial charge in [0.15, 0.2) is 0 Å². The van der Waals surface area contributed by atoms with E-state index in [1.807, 2.05) is 33.2 Å². The van der Waals surface area contributed by atoms with Crippen LogP contribution in [0.5, 0.6) is 0 Å². The molecule has 0 aliphatic carbocycles. The van der Waals surface area contributed by atoms with Crippen LogP contribution in [-0.2, 0) is 0 Å². The van der Waals surface area contributed by atoms with Crippen molar-refractivity contribution in [3.8, 4) is 0 Å². The second-order valence-corrected chi connectivity index (χ2v) is 7.33. The summed E-state index contributed by atoms with van der Waals surface area (Å²) in [4.78, 5) is 8.88. The Morgan fingerprint density at radius 2 is 1.07 bits per heavy atom. The number of nitrogens with zero attached hydrogens (tertiary/aromatic N) is 2. The van der Waals surface area contributed by atoms with Crippen molar-refractivity contribution in [1.82, 2.24) is 9.97 Å². The summed E-state index contributed by atoms with van der Waals surface area (Å²) >= 11 is 0. The lowest BCUT2D eigenvalue weighted by Crippen LogP contribution is -2.03. The van der Waals surface area contributed by atoms with Gasteiger partial charge in [0.1, 0.15) is 0 Å². The summed E-state index contributed by atoms with van der Waals surface area (Å²) in [7, 11) is 0. The van der Waals surface area contributed by atoms with Crippen LogP contribution in [-0.4, -0.2) is 9.97 Å². The van der Waals surface area contributed by atoms with Crippen LogP contribution < -0.4 is 0 Å². The molecule has 1 heterocycles. The number of hydrogen-bond acceptors (Lipinski definition) is 2. The van der Waals surface area contributed by atoms with Gasteiger partial charge in [-0.05, 0) is 19.8 Å². The largest absolute Gasteiger partial charge is 0.258 e. The average molecular weight is 379 g/mol. The van der Waals surface area contributed by atoms with E-state index in [1.165, 1.54) is 89.2 Å². The highest BCUT2D eigenvalue weighted by molar-refractivity contribution is 5.06. The molecule has 0 unspecified atom stereocenters. The molecule has 0 spiro atoms. The van der Waals surface area contributed by atoms with Crippen molar-refractivity contribution in [3.63, 3.8) is 0 Å². The van der Waals surface area contributed by atoms with Crippen LogP contribution in [0.25, 0.3) is 0 Å². The number of rotatable bonds is 13. The molecular formula is C25H50N2. The summed E-state index contributed by atoms with van der Waals surface area (Å²) in [5, 5.41) is 0. The standard InChI is InChI=1S/C14H24N2.C9H20.C2H6/c1-4-6-8-13(9-7-5-2)14-11-15-12(3)10-16-14;1-3-5-7-9-8-6-4-2;1-2/h10-11,13H,4-9H2,1-3H3;3-9H2,1-2H3;1-2H3. The lowest BCUT2D eigenvalue weighted by Gasteiger charge is -2.15. The molecule has 1 aromatic rings. The predicted molar refractivity (Wildman–Crippen MR) is 124 cm³/mol. The fourth-order valence-electron chi connectivity index (χ4n) is 2.98. The molecule has 1 aromatic heterocycles. The first kappa shape index (κ1) is 28.3. The van der Waals surface area contributed by atoms with E-state index in [0.29, 0.717) is 5.92 Å². The van der Waals surface area contributed by atoms with E-state index >= 15 is 0 Å². The van der Waals surface area contributed by atoms with E-state index < -0.39 is 0 Å². The highest BCUT2D eigenvalue weighted by Crippen LogP contribution is 2.25. The summed E-state index contributed by atoms with van der Waals surface area (Å²) in [5.74, 6) is 0.619. The minimum atomic E-state index is 0.619. The predicted octanol–water partition coefficient (Wildman–Crippen LogP) is 9.03. The normalized spacial score (nSPS) is 10.1. The monoisotopic (exact) mass is 378 g/mol. The van der Waals surface area contributed by atoms with Crippen molar-refractivity contribution in [2.75, 3.05) is 0 Å². The van der Waals surface area contributed by atoms with Crippen molar-refractivity contribution in [3.05, 3.63) is 23.8 Å². The Morgan fingerprint density at radius 1 is 0.630 bits per heavy atom. The summed E-state index contributed by atoms with van der Waals surface area (Å²) in [6, 6.07) is 0. The minimum absolute atomic E-state index is 0.619. The molecule has 0 N–H and O–H groups in total. The number of aryl methyl sites for hydroxylation is 1. The zero-order valence-electron chi connectivity index (χ0n) is 19.8. The van der Waals surface area contributed by atoms with E-state index in [-0.39, 0.29) is 0 Å². The maximum absolute atomic E-state index is 4.52. The van der Waals surface area contributed by atoms with Gasteiger partial charge in [-0.15, -0.1) is 0 Å². The Kier molecular flexibility index (Phi) is 24.2. The first-order valence-electron chi connectivity index (χ1n) is 12.0. The molecular weight excluding hydrogens is 328 g/mol. The van der Waals surface area contributed by atoms with Crippen LogP contribution in [0.15, 0.2) is 12.4 Å². The molecule has 0 aliphatic heterocycles. The Labute approximate surface area is 172 Å². The zero-order valence-corrected chi connectivity index (χ0v) is 19.8. The van der Waals surface area contributed by atoms with E-state index in [9.17, 15) is 0 Å². The first-order valence-corrected chi connectivity index (χ1v) is 12.0. The van der Waals surface area contributed by atoms with E-state index in [2.05, 4.69) is 37.7 Å². The molecule has 0 radical (unpaired) electrons. The zero-order chi connectivity index (χ0) is 20.8. The Balaban J connectivity index is 0. The van der Waals surface area contributed by atoms with Crippen LogP contribution in [0.2, 0.25) is 0 Å². The molecule has 0 saturated heterocycles. The molecule has 0 aliphatic rings. The molecule has 0 atom stereocenters. The summed E-state index contributed by atoms with van der Waals surface area (Å²) in [6.07, 6.45) is 21.5. The number of aromatic nitrogens is 2. The molecule has 0 saturated carbocycles. The van der Waals surface area contributed by atoms with Gasteiger partial charge in [-0.2, -0.15) is 0 Å². The van der Waals surface area contributed by atoms with Crippen molar-refractivity contribution in [2.24, 2.45) is 0 Å². The smallest absolute Gasteiger partial charge is 0.0617 e. The molecule has 0 amide bonds. The molecule has 0 fully saturated rings. The molecule has 27 heavy (non-hydrogen) atoms. The van der Waals surface area contributed by atoms with Gasteiger partial charge in [0.05, 0.1) is 11.4 Å².